The van der Waals surface area contributed by atoms with Gasteiger partial charge in [0.2, 0.25) is 5.91 Å². The molecule has 15 heavy (non-hydrogen) atoms. The van der Waals surface area contributed by atoms with E-state index in [9.17, 15) is 9.59 Å². The van der Waals surface area contributed by atoms with Crippen molar-refractivity contribution < 1.29 is 14.3 Å². The van der Waals surface area contributed by atoms with Crippen LogP contribution in [0, 0.1) is 0 Å². The zero-order valence-electron chi connectivity index (χ0n) is 10.1. The summed E-state index contributed by atoms with van der Waals surface area (Å²) in [4.78, 5) is 22.4. The van der Waals surface area contributed by atoms with Gasteiger partial charge in [-0.2, -0.15) is 0 Å². The standard InChI is InChI=1S/C11H21NO3/c1-5-11(3,4)12-9(13)7-8-10(14)15-6-2/h5-8H2,1-4H3,(H,12,13). The fourth-order valence-corrected chi connectivity index (χ4v) is 0.977. The van der Waals surface area contributed by atoms with Gasteiger partial charge in [0.25, 0.3) is 0 Å². The summed E-state index contributed by atoms with van der Waals surface area (Å²) in [5, 5.41) is 2.86. The van der Waals surface area contributed by atoms with Gasteiger partial charge in [0.15, 0.2) is 0 Å². The summed E-state index contributed by atoms with van der Waals surface area (Å²) in [7, 11) is 0. The minimum absolute atomic E-state index is 0.102. The van der Waals surface area contributed by atoms with E-state index in [1.165, 1.54) is 0 Å². The van der Waals surface area contributed by atoms with Crippen molar-refractivity contribution in [1.29, 1.82) is 0 Å². The molecule has 0 aliphatic rings. The molecule has 0 aliphatic heterocycles. The Morgan fingerprint density at radius 2 is 1.80 bits per heavy atom. The van der Waals surface area contributed by atoms with Crippen LogP contribution in [-0.4, -0.2) is 24.0 Å². The maximum Gasteiger partial charge on any atom is 0.306 e. The predicted molar refractivity (Wildman–Crippen MR) is 58.4 cm³/mol. The number of nitrogens with one attached hydrogen (secondary N) is 1. The zero-order valence-corrected chi connectivity index (χ0v) is 10.1. The van der Waals surface area contributed by atoms with Crippen molar-refractivity contribution in [2.75, 3.05) is 6.61 Å². The first-order valence-electron chi connectivity index (χ1n) is 5.38. The Bertz CT molecular complexity index is 224. The molecular formula is C11H21NO3. The molecule has 4 nitrogen and oxygen atoms in total. The summed E-state index contributed by atoms with van der Waals surface area (Å²) in [6, 6.07) is 0. The molecule has 1 N–H and O–H groups in total. The lowest BCUT2D eigenvalue weighted by atomic mass is 10.0. The minimum Gasteiger partial charge on any atom is -0.466 e. The first kappa shape index (κ1) is 13.9. The van der Waals surface area contributed by atoms with Crippen molar-refractivity contribution in [2.45, 2.75) is 52.5 Å². The molecular weight excluding hydrogens is 194 g/mol. The minimum atomic E-state index is -0.318. The number of hydrogen-bond acceptors (Lipinski definition) is 3. The molecule has 0 aromatic carbocycles. The first-order valence-corrected chi connectivity index (χ1v) is 5.38. The van der Waals surface area contributed by atoms with Crippen LogP contribution in [0.5, 0.6) is 0 Å². The molecule has 0 saturated heterocycles. The van der Waals surface area contributed by atoms with Crippen LogP contribution in [0.25, 0.3) is 0 Å². The van der Waals surface area contributed by atoms with Gasteiger partial charge < -0.3 is 10.1 Å². The topological polar surface area (TPSA) is 55.4 Å². The van der Waals surface area contributed by atoms with Gasteiger partial charge in [-0.05, 0) is 27.2 Å². The second-order valence-electron chi connectivity index (χ2n) is 4.09. The van der Waals surface area contributed by atoms with E-state index in [1.807, 2.05) is 20.8 Å². The van der Waals surface area contributed by atoms with E-state index < -0.39 is 0 Å². The van der Waals surface area contributed by atoms with Gasteiger partial charge in [-0.1, -0.05) is 6.92 Å². The summed E-state index contributed by atoms with van der Waals surface area (Å²) < 4.78 is 4.73. The first-order chi connectivity index (χ1) is 6.91. The van der Waals surface area contributed by atoms with Gasteiger partial charge in [0.05, 0.1) is 13.0 Å². The Balaban J connectivity index is 3.80. The summed E-state index contributed by atoms with van der Waals surface area (Å²) in [6.45, 7) is 8.02. The van der Waals surface area contributed by atoms with Gasteiger partial charge >= 0.3 is 5.97 Å². The monoisotopic (exact) mass is 215 g/mol. The highest BCUT2D eigenvalue weighted by Gasteiger charge is 2.18. The maximum atomic E-state index is 11.4. The summed E-state index contributed by atoms with van der Waals surface area (Å²) in [5.41, 5.74) is -0.203. The largest absolute Gasteiger partial charge is 0.466 e. The Hall–Kier alpha value is -1.06. The highest BCUT2D eigenvalue weighted by molar-refractivity contribution is 5.81. The molecule has 0 bridgehead atoms. The number of ether oxygens (including phenoxy) is 1. The van der Waals surface area contributed by atoms with Crippen LogP contribution < -0.4 is 5.32 Å². The van der Waals surface area contributed by atoms with Gasteiger partial charge in [0, 0.05) is 12.0 Å². The van der Waals surface area contributed by atoms with Gasteiger partial charge in [-0.3, -0.25) is 9.59 Å². The van der Waals surface area contributed by atoms with Gasteiger partial charge in [-0.15, -0.1) is 0 Å². The van der Waals surface area contributed by atoms with Gasteiger partial charge in [0.1, 0.15) is 0 Å². The second-order valence-corrected chi connectivity index (χ2v) is 4.09. The van der Waals surface area contributed by atoms with E-state index in [1.54, 1.807) is 6.92 Å². The van der Waals surface area contributed by atoms with Crippen LogP contribution in [-0.2, 0) is 14.3 Å². The van der Waals surface area contributed by atoms with E-state index in [0.29, 0.717) is 6.61 Å². The van der Waals surface area contributed by atoms with Crippen molar-refractivity contribution in [3.05, 3.63) is 0 Å². The highest BCUT2D eigenvalue weighted by Crippen LogP contribution is 2.07. The number of amides is 1. The number of carbonyl (C=O) groups is 2. The Morgan fingerprint density at radius 1 is 1.20 bits per heavy atom. The second kappa shape index (κ2) is 6.43. The lowest BCUT2D eigenvalue weighted by Crippen LogP contribution is -2.42. The lowest BCUT2D eigenvalue weighted by Gasteiger charge is -2.24. The Labute approximate surface area is 91.4 Å². The smallest absolute Gasteiger partial charge is 0.306 e. The SMILES string of the molecule is CCOC(=O)CCC(=O)NC(C)(C)CC. The average Bonchev–Trinajstić information content (AvgIpc) is 2.15. The van der Waals surface area contributed by atoms with Crippen molar-refractivity contribution in [1.82, 2.24) is 5.32 Å². The molecule has 4 heteroatoms. The lowest BCUT2D eigenvalue weighted by molar-refractivity contribution is -0.144. The molecule has 0 unspecified atom stereocenters. The quantitative estimate of drug-likeness (QED) is 0.685. The molecule has 0 fully saturated rings. The highest BCUT2D eigenvalue weighted by atomic mass is 16.5. The van der Waals surface area contributed by atoms with E-state index in [2.05, 4.69) is 5.32 Å². The summed E-state index contributed by atoms with van der Waals surface area (Å²) in [5.74, 6) is -0.420. The van der Waals surface area contributed by atoms with Crippen molar-refractivity contribution in [3.63, 3.8) is 0 Å². The van der Waals surface area contributed by atoms with E-state index >= 15 is 0 Å². The third-order valence-corrected chi connectivity index (χ3v) is 2.22. The molecule has 0 spiro atoms. The molecule has 0 atom stereocenters. The predicted octanol–water partition coefficient (Wildman–Crippen LogP) is 1.63. The van der Waals surface area contributed by atoms with Crippen LogP contribution in [0.3, 0.4) is 0 Å². The Kier molecular flexibility index (Phi) is 5.97. The van der Waals surface area contributed by atoms with Crippen LogP contribution >= 0.6 is 0 Å². The Morgan fingerprint density at radius 3 is 2.27 bits per heavy atom. The zero-order chi connectivity index (χ0) is 11.9. The molecule has 1 amide bonds. The molecule has 0 heterocycles. The van der Waals surface area contributed by atoms with Crippen molar-refractivity contribution >= 4 is 11.9 Å². The van der Waals surface area contributed by atoms with Gasteiger partial charge in [-0.25, -0.2) is 0 Å². The van der Waals surface area contributed by atoms with E-state index in [0.717, 1.165) is 6.42 Å². The molecule has 0 aliphatic carbocycles. The van der Waals surface area contributed by atoms with E-state index in [4.69, 9.17) is 4.74 Å². The molecule has 0 rings (SSSR count). The van der Waals surface area contributed by atoms with Crippen LogP contribution in [0.1, 0.15) is 47.0 Å². The average molecular weight is 215 g/mol. The summed E-state index contributed by atoms with van der Waals surface area (Å²) in [6.07, 6.45) is 1.21. The number of hydrogen-bond donors (Lipinski definition) is 1. The molecule has 0 aromatic heterocycles. The van der Waals surface area contributed by atoms with Crippen LogP contribution in [0.15, 0.2) is 0 Å². The fraction of sp³-hybridized carbons (Fsp3) is 0.818. The number of rotatable bonds is 6. The third kappa shape index (κ3) is 6.94. The number of carbonyl (C=O) groups excluding carboxylic acids is 2. The van der Waals surface area contributed by atoms with Crippen molar-refractivity contribution in [2.24, 2.45) is 0 Å². The van der Waals surface area contributed by atoms with E-state index in [-0.39, 0.29) is 30.3 Å². The van der Waals surface area contributed by atoms with Crippen LogP contribution in [0.4, 0.5) is 0 Å². The van der Waals surface area contributed by atoms with Crippen molar-refractivity contribution in [3.8, 4) is 0 Å². The maximum absolute atomic E-state index is 11.4. The normalized spacial score (nSPS) is 10.9. The molecule has 0 aromatic rings. The number of esters is 1. The molecule has 88 valence electrons. The molecule has 0 radical (unpaired) electrons. The summed E-state index contributed by atoms with van der Waals surface area (Å²) >= 11 is 0. The van der Waals surface area contributed by atoms with Crippen LogP contribution in [0.2, 0.25) is 0 Å². The third-order valence-electron chi connectivity index (χ3n) is 2.22. The molecule has 0 saturated carbocycles. The fourth-order valence-electron chi connectivity index (χ4n) is 0.977.